The Labute approximate surface area is 178 Å². The second-order valence-electron chi connectivity index (χ2n) is 5.90. The van der Waals surface area contributed by atoms with Crippen LogP contribution in [-0.2, 0) is 10.0 Å². The zero-order chi connectivity index (χ0) is 21.9. The predicted molar refractivity (Wildman–Crippen MR) is 106 cm³/mol. The summed E-state index contributed by atoms with van der Waals surface area (Å²) in [4.78, 5) is 3.27. The van der Waals surface area contributed by atoms with E-state index in [1.807, 2.05) is 6.07 Å². The SMILES string of the molecule is N#Cc1ccc(-c2cncc(NS(=O)(=O)c3cc(Br)ccc3OC(F)(F)F)c2)cc1. The van der Waals surface area contributed by atoms with Crippen molar-refractivity contribution in [3.05, 3.63) is 71.0 Å². The molecule has 11 heteroatoms. The first-order valence-electron chi connectivity index (χ1n) is 8.11. The number of pyridine rings is 1. The van der Waals surface area contributed by atoms with Crippen LogP contribution in [0.2, 0.25) is 0 Å². The summed E-state index contributed by atoms with van der Waals surface area (Å²) in [5.41, 5.74) is 1.71. The summed E-state index contributed by atoms with van der Waals surface area (Å²) in [5.74, 6) is -0.866. The molecule has 0 amide bonds. The van der Waals surface area contributed by atoms with Gasteiger partial charge < -0.3 is 4.74 Å². The van der Waals surface area contributed by atoms with E-state index in [4.69, 9.17) is 5.26 Å². The van der Waals surface area contributed by atoms with Gasteiger partial charge in [-0.25, -0.2) is 8.42 Å². The fourth-order valence-electron chi connectivity index (χ4n) is 2.50. The zero-order valence-corrected chi connectivity index (χ0v) is 17.2. The number of halogens is 4. The Hall–Kier alpha value is -3.10. The molecule has 1 aromatic heterocycles. The first-order valence-corrected chi connectivity index (χ1v) is 10.4. The van der Waals surface area contributed by atoms with E-state index in [9.17, 15) is 21.6 Å². The van der Waals surface area contributed by atoms with Crippen LogP contribution in [0.4, 0.5) is 18.9 Å². The van der Waals surface area contributed by atoms with Gasteiger partial charge in [0, 0.05) is 16.2 Å². The molecule has 0 aliphatic heterocycles. The van der Waals surface area contributed by atoms with Gasteiger partial charge in [-0.1, -0.05) is 28.1 Å². The Balaban J connectivity index is 1.94. The Kier molecular flexibility index (Phi) is 6.00. The lowest BCUT2D eigenvalue weighted by molar-refractivity contribution is -0.275. The summed E-state index contributed by atoms with van der Waals surface area (Å²) in [6.07, 6.45) is -2.36. The molecule has 6 nitrogen and oxygen atoms in total. The van der Waals surface area contributed by atoms with Crippen LogP contribution in [0.3, 0.4) is 0 Å². The predicted octanol–water partition coefficient (Wildman–Crippen LogP) is 5.08. The number of benzene rings is 2. The Morgan fingerprint density at radius 3 is 2.37 bits per heavy atom. The second-order valence-corrected chi connectivity index (χ2v) is 8.46. The summed E-state index contributed by atoms with van der Waals surface area (Å²) in [6.45, 7) is 0. The van der Waals surface area contributed by atoms with Gasteiger partial charge in [0.1, 0.15) is 10.6 Å². The second kappa shape index (κ2) is 8.33. The summed E-state index contributed by atoms with van der Waals surface area (Å²) >= 11 is 3.04. The Bertz CT molecular complexity index is 1220. The molecule has 0 aliphatic rings. The van der Waals surface area contributed by atoms with Crippen LogP contribution < -0.4 is 9.46 Å². The normalized spacial score (nSPS) is 11.6. The van der Waals surface area contributed by atoms with E-state index in [-0.39, 0.29) is 10.2 Å². The lowest BCUT2D eigenvalue weighted by atomic mass is 10.1. The van der Waals surface area contributed by atoms with E-state index >= 15 is 0 Å². The number of sulfonamides is 1. The van der Waals surface area contributed by atoms with Gasteiger partial charge in [-0.15, -0.1) is 13.2 Å². The molecule has 154 valence electrons. The van der Waals surface area contributed by atoms with E-state index in [1.165, 1.54) is 24.5 Å². The minimum Gasteiger partial charge on any atom is -0.404 e. The highest BCUT2D eigenvalue weighted by Gasteiger charge is 2.34. The third-order valence-corrected chi connectivity index (χ3v) is 5.65. The number of ether oxygens (including phenoxy) is 1. The monoisotopic (exact) mass is 497 g/mol. The van der Waals surface area contributed by atoms with E-state index in [0.29, 0.717) is 16.7 Å². The summed E-state index contributed by atoms with van der Waals surface area (Å²) < 4.78 is 69.8. The van der Waals surface area contributed by atoms with Crippen molar-refractivity contribution < 1.29 is 26.3 Å². The maximum atomic E-state index is 12.7. The third-order valence-electron chi connectivity index (χ3n) is 3.76. The van der Waals surface area contributed by atoms with E-state index in [0.717, 1.165) is 12.1 Å². The molecule has 30 heavy (non-hydrogen) atoms. The summed E-state index contributed by atoms with van der Waals surface area (Å²) in [7, 11) is -4.44. The molecule has 0 radical (unpaired) electrons. The van der Waals surface area contributed by atoms with Gasteiger partial charge in [-0.05, 0) is 42.0 Å². The fourth-order valence-corrected chi connectivity index (χ4v) is 4.20. The number of anilines is 1. The van der Waals surface area contributed by atoms with Crippen LogP contribution in [0.5, 0.6) is 5.75 Å². The highest BCUT2D eigenvalue weighted by atomic mass is 79.9. The number of hydrogen-bond donors (Lipinski definition) is 1. The van der Waals surface area contributed by atoms with Gasteiger partial charge in [0.15, 0.2) is 0 Å². The van der Waals surface area contributed by atoms with E-state index < -0.39 is 27.0 Å². The molecule has 0 bridgehead atoms. The number of nitrogens with one attached hydrogen (secondary N) is 1. The molecule has 0 unspecified atom stereocenters. The minimum atomic E-state index is -5.06. The molecule has 3 rings (SSSR count). The molecule has 0 saturated carbocycles. The topological polar surface area (TPSA) is 92.1 Å². The highest BCUT2D eigenvalue weighted by molar-refractivity contribution is 9.10. The number of nitriles is 1. The van der Waals surface area contributed by atoms with Crippen molar-refractivity contribution in [2.24, 2.45) is 0 Å². The first-order chi connectivity index (χ1) is 14.1. The van der Waals surface area contributed by atoms with Crippen LogP contribution in [0.1, 0.15) is 5.56 Å². The smallest absolute Gasteiger partial charge is 0.404 e. The van der Waals surface area contributed by atoms with Crippen molar-refractivity contribution in [3.8, 4) is 22.9 Å². The third kappa shape index (κ3) is 5.28. The van der Waals surface area contributed by atoms with Gasteiger partial charge >= 0.3 is 6.36 Å². The van der Waals surface area contributed by atoms with Crippen molar-refractivity contribution in [1.29, 1.82) is 5.26 Å². The van der Waals surface area contributed by atoms with Crippen LogP contribution >= 0.6 is 15.9 Å². The quantitative estimate of drug-likeness (QED) is 0.530. The number of nitrogens with zero attached hydrogens (tertiary/aromatic N) is 2. The van der Waals surface area contributed by atoms with Crippen molar-refractivity contribution in [2.75, 3.05) is 4.72 Å². The van der Waals surface area contributed by atoms with Gasteiger partial charge in [-0.2, -0.15) is 5.26 Å². The van der Waals surface area contributed by atoms with Crippen molar-refractivity contribution in [2.45, 2.75) is 11.3 Å². The van der Waals surface area contributed by atoms with E-state index in [2.05, 4.69) is 30.4 Å². The molecular formula is C19H11BrF3N3O3S. The lowest BCUT2D eigenvalue weighted by Crippen LogP contribution is -2.21. The maximum absolute atomic E-state index is 12.7. The molecule has 1 N–H and O–H groups in total. The number of aromatic nitrogens is 1. The van der Waals surface area contributed by atoms with Crippen molar-refractivity contribution in [1.82, 2.24) is 4.98 Å². The standard InChI is InChI=1S/C19H11BrF3N3O3S/c20-15-5-6-17(29-19(21,22)23)18(8-15)30(27,28)26-16-7-14(10-25-11-16)13-3-1-12(9-24)2-4-13/h1-8,10-11,26H. The van der Waals surface area contributed by atoms with Gasteiger partial charge in [-0.3, -0.25) is 9.71 Å². The molecule has 0 aliphatic carbocycles. The molecule has 0 atom stereocenters. The van der Waals surface area contributed by atoms with E-state index in [1.54, 1.807) is 24.3 Å². The molecular weight excluding hydrogens is 487 g/mol. The van der Waals surface area contributed by atoms with Crippen LogP contribution in [-0.4, -0.2) is 19.8 Å². The Morgan fingerprint density at radius 2 is 1.73 bits per heavy atom. The molecule has 1 heterocycles. The molecule has 0 saturated heterocycles. The van der Waals surface area contributed by atoms with Crippen molar-refractivity contribution in [3.63, 3.8) is 0 Å². The minimum absolute atomic E-state index is 0.0368. The first kappa shape index (κ1) is 21.6. The maximum Gasteiger partial charge on any atom is 0.573 e. The van der Waals surface area contributed by atoms with Gasteiger partial charge in [0.25, 0.3) is 10.0 Å². The van der Waals surface area contributed by atoms with Crippen LogP contribution in [0, 0.1) is 11.3 Å². The fraction of sp³-hybridized carbons (Fsp3) is 0.0526. The van der Waals surface area contributed by atoms with Crippen molar-refractivity contribution >= 4 is 31.6 Å². The number of rotatable bonds is 5. The van der Waals surface area contributed by atoms with Gasteiger partial charge in [0.05, 0.1) is 23.5 Å². The Morgan fingerprint density at radius 1 is 1.03 bits per heavy atom. The average molecular weight is 498 g/mol. The largest absolute Gasteiger partial charge is 0.573 e. The average Bonchev–Trinajstić information content (AvgIpc) is 2.68. The molecule has 0 fully saturated rings. The molecule has 2 aromatic carbocycles. The zero-order valence-electron chi connectivity index (χ0n) is 14.8. The number of alkyl halides is 3. The van der Waals surface area contributed by atoms with Crippen LogP contribution in [0.25, 0.3) is 11.1 Å². The van der Waals surface area contributed by atoms with Gasteiger partial charge in [0.2, 0.25) is 0 Å². The summed E-state index contributed by atoms with van der Waals surface area (Å²) in [6, 6.07) is 13.1. The molecule has 3 aromatic rings. The number of hydrogen-bond acceptors (Lipinski definition) is 5. The highest BCUT2D eigenvalue weighted by Crippen LogP contribution is 2.33. The summed E-state index contributed by atoms with van der Waals surface area (Å²) in [5, 5.41) is 8.87. The lowest BCUT2D eigenvalue weighted by Gasteiger charge is -2.15. The molecule has 0 spiro atoms. The van der Waals surface area contributed by atoms with Crippen LogP contribution in [0.15, 0.2) is 70.3 Å².